The minimum Gasteiger partial charge on any atom is -0.615 e. The molecule has 0 bridgehead atoms. The SMILES string of the molecule is C[Si](C)(C)OC(=O)C1(CBr)CN2C(=O)C(NC(=O)c3ccccc3)[C@H]2[S+]([O-])C1. The minimum absolute atomic E-state index is 0.0910. The number of nitrogens with zero attached hydrogens (tertiary/aromatic N) is 1. The molecular weight excluding hydrogens is 464 g/mol. The normalized spacial score (nSPS) is 29.5. The molecule has 10 heteroatoms. The highest BCUT2D eigenvalue weighted by Gasteiger charge is 2.64. The van der Waals surface area contributed by atoms with Crippen molar-refractivity contribution < 1.29 is 23.4 Å². The number of hydrogen-bond acceptors (Lipinski definition) is 5. The predicted molar refractivity (Wildman–Crippen MR) is 112 cm³/mol. The molecule has 4 atom stereocenters. The van der Waals surface area contributed by atoms with Gasteiger partial charge < -0.3 is 14.3 Å². The van der Waals surface area contributed by atoms with Gasteiger partial charge in [0.25, 0.3) is 11.8 Å². The number of fused-ring (bicyclic) bond motifs is 1. The minimum atomic E-state index is -2.13. The van der Waals surface area contributed by atoms with E-state index in [2.05, 4.69) is 21.2 Å². The largest absolute Gasteiger partial charge is 0.615 e. The monoisotopic (exact) mass is 486 g/mol. The summed E-state index contributed by atoms with van der Waals surface area (Å²) in [6, 6.07) is 7.72. The highest BCUT2D eigenvalue weighted by atomic mass is 79.9. The summed E-state index contributed by atoms with van der Waals surface area (Å²) in [6.07, 6.45) is 0. The fraction of sp³-hybridized carbons (Fsp3) is 0.500. The van der Waals surface area contributed by atoms with Crippen LogP contribution in [0.3, 0.4) is 0 Å². The number of nitrogens with one attached hydrogen (secondary N) is 1. The highest BCUT2D eigenvalue weighted by Crippen LogP contribution is 2.40. The van der Waals surface area contributed by atoms with Gasteiger partial charge in [-0.2, -0.15) is 0 Å². The van der Waals surface area contributed by atoms with Crippen LogP contribution in [0.1, 0.15) is 10.4 Å². The Morgan fingerprint density at radius 1 is 1.36 bits per heavy atom. The van der Waals surface area contributed by atoms with Crippen LogP contribution < -0.4 is 5.32 Å². The number of rotatable bonds is 5. The molecule has 1 N–H and O–H groups in total. The zero-order valence-electron chi connectivity index (χ0n) is 15.9. The number of β-lactam (4-membered cyclic amide) rings is 1. The quantitative estimate of drug-likeness (QED) is 0.294. The van der Waals surface area contributed by atoms with Crippen molar-refractivity contribution in [3.63, 3.8) is 0 Å². The topological polar surface area (TPSA) is 98.8 Å². The van der Waals surface area contributed by atoms with Gasteiger partial charge in [-0.05, 0) is 42.9 Å². The van der Waals surface area contributed by atoms with E-state index in [0.717, 1.165) is 0 Å². The van der Waals surface area contributed by atoms with E-state index in [1.807, 2.05) is 19.6 Å². The van der Waals surface area contributed by atoms with Crippen molar-refractivity contribution in [1.82, 2.24) is 10.2 Å². The van der Waals surface area contributed by atoms with E-state index in [0.29, 0.717) is 5.56 Å². The van der Waals surface area contributed by atoms with E-state index in [-0.39, 0.29) is 29.4 Å². The van der Waals surface area contributed by atoms with Crippen molar-refractivity contribution in [3.05, 3.63) is 35.9 Å². The molecule has 0 spiro atoms. The first kappa shape index (κ1) is 21.3. The molecule has 152 valence electrons. The number of hydrogen-bond donors (Lipinski definition) is 1. The van der Waals surface area contributed by atoms with E-state index < -0.39 is 42.3 Å². The number of carbonyl (C=O) groups is 3. The lowest BCUT2D eigenvalue weighted by Gasteiger charge is -2.53. The Bertz CT molecular complexity index is 790. The number of benzene rings is 1. The van der Waals surface area contributed by atoms with Crippen molar-refractivity contribution in [3.8, 4) is 0 Å². The standard InChI is InChI=1S/C18H23BrN2O5SSi/c1-28(2,3)26-17(24)18(9-19)10-21-15(23)13(16(21)27(25)11-18)20-14(22)12-7-5-4-6-8-12/h4-8,13,16H,9-11H2,1-3H3,(H,20,22)/t13?,16-,18?,27?/m1/s1. The van der Waals surface area contributed by atoms with Crippen molar-refractivity contribution in [1.29, 1.82) is 0 Å². The van der Waals surface area contributed by atoms with Crippen molar-refractivity contribution in [2.24, 2.45) is 5.41 Å². The fourth-order valence-corrected chi connectivity index (χ4v) is 6.92. The Morgan fingerprint density at radius 3 is 2.57 bits per heavy atom. The molecule has 2 fully saturated rings. The van der Waals surface area contributed by atoms with Crippen LogP contribution in [0.25, 0.3) is 0 Å². The second-order valence-corrected chi connectivity index (χ2v) is 14.6. The van der Waals surface area contributed by atoms with Gasteiger partial charge in [0, 0.05) is 17.4 Å². The maximum absolute atomic E-state index is 12.9. The summed E-state index contributed by atoms with van der Waals surface area (Å²) in [5, 5.41) is 2.32. The van der Waals surface area contributed by atoms with Gasteiger partial charge in [-0.15, -0.1) is 0 Å². The Morgan fingerprint density at radius 2 is 2.00 bits per heavy atom. The molecule has 0 saturated carbocycles. The van der Waals surface area contributed by atoms with Gasteiger partial charge in [-0.1, -0.05) is 34.1 Å². The van der Waals surface area contributed by atoms with Crippen LogP contribution in [0.4, 0.5) is 0 Å². The van der Waals surface area contributed by atoms with Crippen LogP contribution in [0.2, 0.25) is 19.6 Å². The van der Waals surface area contributed by atoms with Crippen LogP contribution in [0, 0.1) is 5.41 Å². The maximum Gasteiger partial charge on any atom is 0.306 e. The Labute approximate surface area is 176 Å². The third kappa shape index (κ3) is 4.00. The third-order valence-corrected chi connectivity index (χ3v) is 8.49. The lowest BCUT2D eigenvalue weighted by Crippen LogP contribution is -2.78. The molecule has 0 aromatic heterocycles. The molecule has 3 rings (SSSR count). The summed E-state index contributed by atoms with van der Waals surface area (Å²) in [6.45, 7) is 5.84. The van der Waals surface area contributed by atoms with E-state index >= 15 is 0 Å². The second kappa shape index (κ2) is 7.81. The molecule has 0 radical (unpaired) electrons. The van der Waals surface area contributed by atoms with Gasteiger partial charge in [0.05, 0.1) is 0 Å². The Kier molecular flexibility index (Phi) is 5.95. The molecule has 1 aromatic carbocycles. The van der Waals surface area contributed by atoms with Crippen LogP contribution in [-0.4, -0.2) is 64.6 Å². The van der Waals surface area contributed by atoms with Crippen LogP contribution in [-0.2, 0) is 25.2 Å². The highest BCUT2D eigenvalue weighted by molar-refractivity contribution is 9.09. The molecule has 28 heavy (non-hydrogen) atoms. The summed E-state index contributed by atoms with van der Waals surface area (Å²) >= 11 is 1.86. The Hall–Kier alpha value is -1.36. The first-order valence-electron chi connectivity index (χ1n) is 8.91. The third-order valence-electron chi connectivity index (χ3n) is 4.71. The average molecular weight is 487 g/mol. The van der Waals surface area contributed by atoms with E-state index in [4.69, 9.17) is 4.43 Å². The van der Waals surface area contributed by atoms with E-state index in [1.54, 1.807) is 30.3 Å². The first-order valence-corrected chi connectivity index (χ1v) is 14.8. The van der Waals surface area contributed by atoms with Crippen LogP contribution >= 0.6 is 15.9 Å². The van der Waals surface area contributed by atoms with Gasteiger partial charge >= 0.3 is 5.97 Å². The molecule has 2 aliphatic heterocycles. The number of carbonyl (C=O) groups excluding carboxylic acids is 3. The van der Waals surface area contributed by atoms with Crippen LogP contribution in [0.15, 0.2) is 30.3 Å². The van der Waals surface area contributed by atoms with Gasteiger partial charge in [-0.3, -0.25) is 19.3 Å². The summed E-state index contributed by atoms with van der Waals surface area (Å²) in [5.41, 5.74) is -0.602. The average Bonchev–Trinajstić information content (AvgIpc) is 2.64. The smallest absolute Gasteiger partial charge is 0.306 e. The molecule has 2 aliphatic rings. The van der Waals surface area contributed by atoms with E-state index in [9.17, 15) is 18.9 Å². The van der Waals surface area contributed by atoms with Gasteiger partial charge in [0.2, 0.25) is 13.7 Å². The van der Waals surface area contributed by atoms with Crippen molar-refractivity contribution in [2.75, 3.05) is 17.6 Å². The van der Waals surface area contributed by atoms with Gasteiger partial charge in [0.15, 0.2) is 6.04 Å². The number of amides is 2. The maximum atomic E-state index is 12.9. The molecule has 7 nitrogen and oxygen atoms in total. The number of halogens is 1. The second-order valence-electron chi connectivity index (χ2n) is 8.11. The lowest BCUT2D eigenvalue weighted by atomic mass is 9.89. The number of alkyl halides is 1. The fourth-order valence-electron chi connectivity index (χ4n) is 3.31. The molecule has 3 unspecified atom stereocenters. The molecule has 2 saturated heterocycles. The Balaban J connectivity index is 1.73. The first-order chi connectivity index (χ1) is 13.1. The molecule has 2 amide bonds. The van der Waals surface area contributed by atoms with Gasteiger partial charge in [-0.25, -0.2) is 0 Å². The zero-order chi connectivity index (χ0) is 20.7. The summed E-state index contributed by atoms with van der Waals surface area (Å²) < 4.78 is 18.6. The lowest BCUT2D eigenvalue weighted by molar-refractivity contribution is -0.155. The summed E-state index contributed by atoms with van der Waals surface area (Å²) in [5.74, 6) is -1.03. The predicted octanol–water partition coefficient (Wildman–Crippen LogP) is 1.47. The molecule has 1 aromatic rings. The van der Waals surface area contributed by atoms with Gasteiger partial charge in [0.1, 0.15) is 11.2 Å². The zero-order valence-corrected chi connectivity index (χ0v) is 19.3. The molecule has 2 heterocycles. The summed E-state index contributed by atoms with van der Waals surface area (Å²) in [7, 11) is -2.13. The van der Waals surface area contributed by atoms with Crippen molar-refractivity contribution in [2.45, 2.75) is 31.1 Å². The molecular formula is C18H23BrN2O5SSi. The van der Waals surface area contributed by atoms with Crippen LogP contribution in [0.5, 0.6) is 0 Å². The molecule has 0 aliphatic carbocycles. The van der Waals surface area contributed by atoms with E-state index in [1.165, 1.54) is 4.90 Å². The summed E-state index contributed by atoms with van der Waals surface area (Å²) in [4.78, 5) is 39.2. The van der Waals surface area contributed by atoms with Crippen molar-refractivity contribution >= 4 is 53.2 Å².